The molecule has 2 aromatic heterocycles. The third kappa shape index (κ3) is 6.81. The van der Waals surface area contributed by atoms with Gasteiger partial charge in [-0.1, -0.05) is 0 Å². The van der Waals surface area contributed by atoms with E-state index in [0.29, 0.717) is 64.4 Å². The fraction of sp³-hybridized carbons (Fsp3) is 0.290. The molecule has 0 radical (unpaired) electrons. The van der Waals surface area contributed by atoms with Crippen LogP contribution in [0.1, 0.15) is 62.4 Å². The molecular weight excluding hydrogens is 664 g/mol. The minimum Gasteiger partial charge on any atom is -0.166 e. The summed E-state index contributed by atoms with van der Waals surface area (Å²) in [7, 11) is 0. The maximum absolute atomic E-state index is 13.5. The normalized spacial score (nSPS) is 15.0. The number of hydrogen-bond acceptors (Lipinski definition) is 2. The number of rotatable bonds is 4. The number of benzene rings is 2. The van der Waals surface area contributed by atoms with Crippen LogP contribution < -0.4 is 0 Å². The monoisotopic (exact) mass is 684 g/mol. The van der Waals surface area contributed by atoms with Gasteiger partial charge in [0.25, 0.3) is 0 Å². The summed E-state index contributed by atoms with van der Waals surface area (Å²) in [6, 6.07) is 5.81. The molecule has 0 amide bonds. The first-order chi connectivity index (χ1) is 20.6. The van der Waals surface area contributed by atoms with Crippen molar-refractivity contribution in [3.63, 3.8) is 0 Å². The van der Waals surface area contributed by atoms with Gasteiger partial charge < -0.3 is 0 Å². The van der Waals surface area contributed by atoms with E-state index in [1.165, 1.54) is 12.1 Å². The van der Waals surface area contributed by atoms with Crippen molar-refractivity contribution in [3.8, 4) is 20.9 Å². The minimum atomic E-state index is -5.01. The quantitative estimate of drug-likeness (QED) is 0.188. The van der Waals surface area contributed by atoms with Gasteiger partial charge in [0, 0.05) is 19.5 Å². The first-order valence-corrected chi connectivity index (χ1v) is 14.8. The fourth-order valence-electron chi connectivity index (χ4n) is 5.38. The molecule has 0 fully saturated rings. The number of alkyl halides is 12. The molecule has 1 aliphatic carbocycles. The standard InChI is InChI=1S/C31H20F12S2/c1-14-24(12-26(44-14)16-6-18(28(32,33)34)10-19(7-16)29(35,36)37)22-4-3-5-23(22)25-13-27(45-15(25)2)17-8-20(30(38,39)40)11-21(9-17)31(41,42)43/h6-13H,3-5H2,1-2H3. The molecule has 0 spiro atoms. The van der Waals surface area contributed by atoms with Gasteiger partial charge in [0.2, 0.25) is 0 Å². The molecule has 14 heteroatoms. The third-order valence-electron chi connectivity index (χ3n) is 7.45. The van der Waals surface area contributed by atoms with Gasteiger partial charge in [-0.15, -0.1) is 22.7 Å². The summed E-state index contributed by atoms with van der Waals surface area (Å²) >= 11 is 2.05. The molecule has 0 N–H and O–H groups in total. The number of hydrogen-bond donors (Lipinski definition) is 0. The summed E-state index contributed by atoms with van der Waals surface area (Å²) in [4.78, 5) is 1.63. The average molecular weight is 685 g/mol. The number of halogens is 12. The number of thiophene rings is 2. The minimum absolute atomic E-state index is 0.0570. The fourth-order valence-corrected chi connectivity index (χ4v) is 7.45. The van der Waals surface area contributed by atoms with Gasteiger partial charge >= 0.3 is 24.7 Å². The molecule has 0 aliphatic heterocycles. The second-order valence-corrected chi connectivity index (χ2v) is 13.1. The molecule has 240 valence electrons. The van der Waals surface area contributed by atoms with E-state index >= 15 is 0 Å². The van der Waals surface area contributed by atoms with Crippen LogP contribution in [0.15, 0.2) is 48.5 Å². The highest BCUT2D eigenvalue weighted by atomic mass is 32.1. The Morgan fingerprint density at radius 3 is 1.00 bits per heavy atom. The highest BCUT2D eigenvalue weighted by Crippen LogP contribution is 2.49. The Morgan fingerprint density at radius 1 is 0.444 bits per heavy atom. The van der Waals surface area contributed by atoms with Crippen LogP contribution in [0.2, 0.25) is 0 Å². The second kappa shape index (κ2) is 11.2. The molecule has 0 saturated carbocycles. The SMILES string of the molecule is Cc1sc(-c2cc(C(F)(F)F)cc(C(F)(F)F)c2)cc1C1=C(c2cc(-c3cc(C(F)(F)F)cc(C(F)(F)F)c3)sc2C)CCC1. The summed E-state index contributed by atoms with van der Waals surface area (Å²) in [5.41, 5.74) is -3.51. The van der Waals surface area contributed by atoms with Crippen LogP contribution in [0, 0.1) is 13.8 Å². The molecule has 0 saturated heterocycles. The van der Waals surface area contributed by atoms with E-state index in [4.69, 9.17) is 0 Å². The van der Waals surface area contributed by atoms with E-state index in [0.717, 1.165) is 33.8 Å². The topological polar surface area (TPSA) is 0 Å². The molecule has 0 unspecified atom stereocenters. The maximum atomic E-state index is 13.5. The van der Waals surface area contributed by atoms with Gasteiger partial charge in [-0.2, -0.15) is 52.7 Å². The number of aryl methyl sites for hydroxylation is 2. The van der Waals surface area contributed by atoms with E-state index in [-0.39, 0.29) is 33.0 Å². The van der Waals surface area contributed by atoms with Crippen molar-refractivity contribution in [2.45, 2.75) is 57.8 Å². The molecule has 4 aromatic rings. The Hall–Kier alpha value is -3.26. The molecule has 45 heavy (non-hydrogen) atoms. The van der Waals surface area contributed by atoms with Crippen LogP contribution >= 0.6 is 22.7 Å². The lowest BCUT2D eigenvalue weighted by molar-refractivity contribution is -0.144. The zero-order chi connectivity index (χ0) is 33.3. The van der Waals surface area contributed by atoms with Gasteiger partial charge in [-0.05, 0) is 115 Å². The first kappa shape index (κ1) is 33.1. The van der Waals surface area contributed by atoms with E-state index in [1.54, 1.807) is 13.8 Å². The van der Waals surface area contributed by atoms with Crippen LogP contribution in [-0.2, 0) is 24.7 Å². The Bertz CT molecular complexity index is 1600. The van der Waals surface area contributed by atoms with Gasteiger partial charge in [-0.3, -0.25) is 0 Å². The van der Waals surface area contributed by atoms with Crippen molar-refractivity contribution in [2.24, 2.45) is 0 Å². The van der Waals surface area contributed by atoms with E-state index in [2.05, 4.69) is 0 Å². The Kier molecular flexibility index (Phi) is 8.25. The molecule has 0 bridgehead atoms. The van der Waals surface area contributed by atoms with Gasteiger partial charge in [-0.25, -0.2) is 0 Å². The first-order valence-electron chi connectivity index (χ1n) is 13.2. The Labute approximate surface area is 256 Å². The molecule has 0 atom stereocenters. The summed E-state index contributed by atoms with van der Waals surface area (Å²) in [5.74, 6) is 0. The van der Waals surface area contributed by atoms with Crippen molar-refractivity contribution in [3.05, 3.63) is 91.7 Å². The van der Waals surface area contributed by atoms with Crippen LogP contribution in [-0.4, -0.2) is 0 Å². The maximum Gasteiger partial charge on any atom is 0.416 e. The van der Waals surface area contributed by atoms with Crippen molar-refractivity contribution < 1.29 is 52.7 Å². The highest BCUT2D eigenvalue weighted by Gasteiger charge is 2.39. The van der Waals surface area contributed by atoms with E-state index in [9.17, 15) is 52.7 Å². The number of allylic oxidation sites excluding steroid dienone is 2. The van der Waals surface area contributed by atoms with E-state index in [1.807, 2.05) is 0 Å². The van der Waals surface area contributed by atoms with Crippen molar-refractivity contribution in [1.29, 1.82) is 0 Å². The van der Waals surface area contributed by atoms with Crippen LogP contribution in [0.3, 0.4) is 0 Å². The van der Waals surface area contributed by atoms with Crippen LogP contribution in [0.25, 0.3) is 32.0 Å². The van der Waals surface area contributed by atoms with Crippen LogP contribution in [0.4, 0.5) is 52.7 Å². The zero-order valence-electron chi connectivity index (χ0n) is 23.1. The third-order valence-corrected chi connectivity index (χ3v) is 9.65. The van der Waals surface area contributed by atoms with Gasteiger partial charge in [0.1, 0.15) is 0 Å². The molecule has 1 aliphatic rings. The van der Waals surface area contributed by atoms with Crippen molar-refractivity contribution in [2.75, 3.05) is 0 Å². The van der Waals surface area contributed by atoms with Crippen molar-refractivity contribution in [1.82, 2.24) is 0 Å². The highest BCUT2D eigenvalue weighted by molar-refractivity contribution is 7.16. The van der Waals surface area contributed by atoms with Crippen molar-refractivity contribution >= 4 is 33.8 Å². The second-order valence-electron chi connectivity index (χ2n) is 10.6. The Balaban J connectivity index is 1.60. The molecule has 2 heterocycles. The predicted octanol–water partition coefficient (Wildman–Crippen LogP) is 12.9. The molecule has 5 rings (SSSR count). The van der Waals surface area contributed by atoms with E-state index < -0.39 is 47.0 Å². The average Bonchev–Trinajstić information content (AvgIpc) is 3.64. The summed E-state index contributed by atoms with van der Waals surface area (Å²) in [6.07, 6.45) is -18.4. The summed E-state index contributed by atoms with van der Waals surface area (Å²) in [5, 5.41) is 0. The predicted molar refractivity (Wildman–Crippen MR) is 150 cm³/mol. The largest absolute Gasteiger partial charge is 0.416 e. The molecule has 2 aromatic carbocycles. The van der Waals surface area contributed by atoms with Crippen LogP contribution in [0.5, 0.6) is 0 Å². The lowest BCUT2D eigenvalue weighted by atomic mass is 9.96. The smallest absolute Gasteiger partial charge is 0.166 e. The molecular formula is C31H20F12S2. The zero-order valence-corrected chi connectivity index (χ0v) is 24.7. The summed E-state index contributed by atoms with van der Waals surface area (Å²) < 4.78 is 162. The molecule has 0 nitrogen and oxygen atoms in total. The Morgan fingerprint density at radius 2 is 0.733 bits per heavy atom. The lowest BCUT2D eigenvalue weighted by Crippen LogP contribution is -2.10. The summed E-state index contributed by atoms with van der Waals surface area (Å²) in [6.45, 7) is 3.36. The lowest BCUT2D eigenvalue weighted by Gasteiger charge is -2.13. The van der Waals surface area contributed by atoms with Gasteiger partial charge in [0.15, 0.2) is 0 Å². The van der Waals surface area contributed by atoms with Gasteiger partial charge in [0.05, 0.1) is 22.3 Å².